The van der Waals surface area contributed by atoms with Crippen LogP contribution in [0.25, 0.3) is 0 Å². The molecule has 0 unspecified atom stereocenters. The molecule has 0 saturated heterocycles. The maximum Gasteiger partial charge on any atom is 0.255 e. The summed E-state index contributed by atoms with van der Waals surface area (Å²) in [6, 6.07) is 12.9. The molecule has 1 aliphatic heterocycles. The summed E-state index contributed by atoms with van der Waals surface area (Å²) < 4.78 is 5.35. The molecule has 0 bridgehead atoms. The minimum absolute atomic E-state index is 0.178. The van der Waals surface area contributed by atoms with E-state index in [9.17, 15) is 4.79 Å². The van der Waals surface area contributed by atoms with Gasteiger partial charge < -0.3 is 10.1 Å². The van der Waals surface area contributed by atoms with E-state index in [1.807, 2.05) is 25.1 Å². The summed E-state index contributed by atoms with van der Waals surface area (Å²) in [5.74, 6) is -0.178. The highest BCUT2D eigenvalue weighted by molar-refractivity contribution is 6.04. The van der Waals surface area contributed by atoms with Crippen LogP contribution >= 0.6 is 0 Å². The van der Waals surface area contributed by atoms with Crippen LogP contribution in [0.1, 0.15) is 32.6 Å². The Kier molecular flexibility index (Phi) is 3.43. The molecule has 0 saturated carbocycles. The van der Waals surface area contributed by atoms with Gasteiger partial charge in [-0.3, -0.25) is 4.79 Å². The Bertz CT molecular complexity index is 760. The van der Waals surface area contributed by atoms with Crippen LogP contribution in [0.2, 0.25) is 0 Å². The van der Waals surface area contributed by atoms with Crippen molar-refractivity contribution >= 4 is 11.6 Å². The van der Waals surface area contributed by atoms with Crippen molar-refractivity contribution in [2.75, 3.05) is 5.32 Å². The van der Waals surface area contributed by atoms with Crippen LogP contribution in [-0.2, 0) is 18.0 Å². The summed E-state index contributed by atoms with van der Waals surface area (Å²) in [5.41, 5.74) is 4.90. The van der Waals surface area contributed by atoms with Gasteiger partial charge in [0.2, 0.25) is 0 Å². The summed E-state index contributed by atoms with van der Waals surface area (Å²) in [6.07, 6.45) is 0. The van der Waals surface area contributed by atoms with Crippen molar-refractivity contribution in [3.63, 3.8) is 0 Å². The zero-order chi connectivity index (χ0) is 14.8. The summed E-state index contributed by atoms with van der Waals surface area (Å²) in [5, 5.41) is 11.8. The normalized spacial score (nSPS) is 12.6. The molecule has 0 fully saturated rings. The van der Waals surface area contributed by atoms with E-state index in [2.05, 4.69) is 11.4 Å². The number of nitrogens with one attached hydrogen (secondary N) is 1. The number of hydrogen-bond acceptors (Lipinski definition) is 3. The predicted molar refractivity (Wildman–Crippen MR) is 78.8 cm³/mol. The number of amides is 1. The Morgan fingerprint density at radius 2 is 2.00 bits per heavy atom. The number of rotatable bonds is 2. The number of nitriles is 1. The second kappa shape index (κ2) is 5.39. The number of fused-ring (bicyclic) bond motifs is 1. The molecular formula is C17H14N2O2. The third-order valence-corrected chi connectivity index (χ3v) is 3.60. The molecule has 2 aromatic carbocycles. The fourth-order valence-electron chi connectivity index (χ4n) is 2.33. The zero-order valence-electron chi connectivity index (χ0n) is 11.6. The Morgan fingerprint density at radius 3 is 2.81 bits per heavy atom. The van der Waals surface area contributed by atoms with Crippen molar-refractivity contribution in [1.29, 1.82) is 5.26 Å². The topological polar surface area (TPSA) is 62.1 Å². The molecule has 0 radical (unpaired) electrons. The highest BCUT2D eigenvalue weighted by atomic mass is 16.5. The third kappa shape index (κ3) is 2.64. The van der Waals surface area contributed by atoms with Gasteiger partial charge >= 0.3 is 0 Å². The van der Waals surface area contributed by atoms with Gasteiger partial charge in [-0.15, -0.1) is 0 Å². The van der Waals surface area contributed by atoms with Gasteiger partial charge in [-0.05, 0) is 47.9 Å². The maximum absolute atomic E-state index is 12.3. The first-order chi connectivity index (χ1) is 10.2. The van der Waals surface area contributed by atoms with E-state index in [0.717, 1.165) is 16.7 Å². The molecule has 1 heterocycles. The van der Waals surface area contributed by atoms with Crippen LogP contribution < -0.4 is 5.32 Å². The standard InChI is InChI=1S/C17H14N2O2/c1-11-2-3-12(8-18)6-16(11)19-17(20)13-4-5-14-9-21-10-15(14)7-13/h2-7H,9-10H2,1H3,(H,19,20). The Hall–Kier alpha value is -2.64. The van der Waals surface area contributed by atoms with Crippen molar-refractivity contribution in [1.82, 2.24) is 0 Å². The van der Waals surface area contributed by atoms with E-state index in [-0.39, 0.29) is 5.91 Å². The van der Waals surface area contributed by atoms with Crippen LogP contribution in [0.15, 0.2) is 36.4 Å². The maximum atomic E-state index is 12.3. The molecule has 2 aromatic rings. The van der Waals surface area contributed by atoms with Crippen molar-refractivity contribution in [3.05, 3.63) is 64.2 Å². The number of hydrogen-bond donors (Lipinski definition) is 1. The van der Waals surface area contributed by atoms with Gasteiger partial charge in [0.25, 0.3) is 5.91 Å². The highest BCUT2D eigenvalue weighted by Gasteiger charge is 2.15. The summed E-state index contributed by atoms with van der Waals surface area (Å²) in [4.78, 5) is 12.3. The smallest absolute Gasteiger partial charge is 0.255 e. The van der Waals surface area contributed by atoms with Crippen LogP contribution in [0, 0.1) is 18.3 Å². The summed E-state index contributed by atoms with van der Waals surface area (Å²) in [6.45, 7) is 3.06. The Labute approximate surface area is 123 Å². The van der Waals surface area contributed by atoms with Gasteiger partial charge in [0, 0.05) is 11.3 Å². The van der Waals surface area contributed by atoms with E-state index >= 15 is 0 Å². The molecule has 1 aliphatic rings. The fourth-order valence-corrected chi connectivity index (χ4v) is 2.33. The van der Waals surface area contributed by atoms with Gasteiger partial charge in [-0.1, -0.05) is 12.1 Å². The minimum atomic E-state index is -0.178. The lowest BCUT2D eigenvalue weighted by Crippen LogP contribution is -2.13. The molecule has 0 aliphatic carbocycles. The Morgan fingerprint density at radius 1 is 1.19 bits per heavy atom. The largest absolute Gasteiger partial charge is 0.372 e. The van der Waals surface area contributed by atoms with E-state index in [4.69, 9.17) is 10.00 Å². The van der Waals surface area contributed by atoms with Crippen molar-refractivity contribution in [2.45, 2.75) is 20.1 Å². The first kappa shape index (κ1) is 13.3. The number of carbonyl (C=O) groups excluding carboxylic acids is 1. The first-order valence-electron chi connectivity index (χ1n) is 6.69. The third-order valence-electron chi connectivity index (χ3n) is 3.60. The molecule has 104 valence electrons. The highest BCUT2D eigenvalue weighted by Crippen LogP contribution is 2.22. The number of nitrogens with zero attached hydrogens (tertiary/aromatic N) is 1. The van der Waals surface area contributed by atoms with E-state index < -0.39 is 0 Å². The van der Waals surface area contributed by atoms with Crippen LogP contribution in [-0.4, -0.2) is 5.91 Å². The van der Waals surface area contributed by atoms with Crippen molar-refractivity contribution < 1.29 is 9.53 Å². The molecule has 3 rings (SSSR count). The quantitative estimate of drug-likeness (QED) is 0.917. The number of ether oxygens (including phenoxy) is 1. The molecule has 1 amide bonds. The average Bonchev–Trinajstić information content (AvgIpc) is 2.96. The average molecular weight is 278 g/mol. The van der Waals surface area contributed by atoms with E-state index in [1.54, 1.807) is 18.2 Å². The molecule has 1 N–H and O–H groups in total. The van der Waals surface area contributed by atoms with Gasteiger partial charge in [-0.2, -0.15) is 5.26 Å². The van der Waals surface area contributed by atoms with Gasteiger partial charge in [0.05, 0.1) is 24.8 Å². The van der Waals surface area contributed by atoms with Gasteiger partial charge in [0.1, 0.15) is 0 Å². The number of anilines is 1. The fraction of sp³-hybridized carbons (Fsp3) is 0.176. The molecule has 21 heavy (non-hydrogen) atoms. The number of carbonyl (C=O) groups is 1. The SMILES string of the molecule is Cc1ccc(C#N)cc1NC(=O)c1ccc2c(c1)COC2. The van der Waals surface area contributed by atoms with Crippen LogP contribution in [0.3, 0.4) is 0 Å². The molecule has 4 heteroatoms. The lowest BCUT2D eigenvalue weighted by Gasteiger charge is -2.09. The van der Waals surface area contributed by atoms with Gasteiger partial charge in [-0.25, -0.2) is 0 Å². The molecular weight excluding hydrogens is 264 g/mol. The van der Waals surface area contributed by atoms with Crippen molar-refractivity contribution in [2.24, 2.45) is 0 Å². The number of benzene rings is 2. The Balaban J connectivity index is 1.85. The summed E-state index contributed by atoms with van der Waals surface area (Å²) >= 11 is 0. The molecule has 4 nitrogen and oxygen atoms in total. The van der Waals surface area contributed by atoms with Crippen molar-refractivity contribution in [3.8, 4) is 6.07 Å². The molecule has 0 atom stereocenters. The lowest BCUT2D eigenvalue weighted by atomic mass is 10.1. The second-order valence-electron chi connectivity index (χ2n) is 5.07. The number of aryl methyl sites for hydroxylation is 1. The van der Waals surface area contributed by atoms with Crippen LogP contribution in [0.4, 0.5) is 5.69 Å². The van der Waals surface area contributed by atoms with Gasteiger partial charge in [0.15, 0.2) is 0 Å². The predicted octanol–water partition coefficient (Wildman–Crippen LogP) is 3.15. The van der Waals surface area contributed by atoms with Crippen LogP contribution in [0.5, 0.6) is 0 Å². The lowest BCUT2D eigenvalue weighted by molar-refractivity contribution is 0.102. The van der Waals surface area contributed by atoms with E-state index in [0.29, 0.717) is 30.0 Å². The summed E-state index contributed by atoms with van der Waals surface area (Å²) in [7, 11) is 0. The zero-order valence-corrected chi connectivity index (χ0v) is 11.6. The molecule has 0 spiro atoms. The van der Waals surface area contributed by atoms with E-state index in [1.165, 1.54) is 0 Å². The molecule has 0 aromatic heterocycles. The first-order valence-corrected chi connectivity index (χ1v) is 6.69. The second-order valence-corrected chi connectivity index (χ2v) is 5.07. The minimum Gasteiger partial charge on any atom is -0.372 e. The monoisotopic (exact) mass is 278 g/mol.